The Bertz CT molecular complexity index is 1600. The number of nitro benzene ring substituents is 1. The molecule has 0 radical (unpaired) electrons. The fourth-order valence-corrected chi connectivity index (χ4v) is 5.28. The number of hydrogen-bond donors (Lipinski definition) is 3. The van der Waals surface area contributed by atoms with Crippen LogP contribution in [0.1, 0.15) is 6.92 Å². The number of ether oxygens (including phenoxy) is 3. The van der Waals surface area contributed by atoms with Crippen LogP contribution in [-0.2, 0) is 14.3 Å². The van der Waals surface area contributed by atoms with Gasteiger partial charge in [0.25, 0.3) is 5.91 Å². The number of rotatable bonds is 9. The number of esters is 1. The summed E-state index contributed by atoms with van der Waals surface area (Å²) in [5.41, 5.74) is 0.473. The van der Waals surface area contributed by atoms with E-state index >= 15 is 0 Å². The van der Waals surface area contributed by atoms with Gasteiger partial charge >= 0.3 is 11.7 Å². The summed E-state index contributed by atoms with van der Waals surface area (Å²) in [5.74, 6) is 0.359. The summed E-state index contributed by atoms with van der Waals surface area (Å²) in [6.45, 7) is 1.53. The molecule has 1 amide bonds. The fraction of sp³-hybridized carbons (Fsp3) is 0.133. The molecule has 3 N–H and O–H groups in total. The number of benzene rings is 4. The number of phenolic OH excluding ortho intramolecular Hbond substituents is 2. The van der Waals surface area contributed by atoms with Crippen molar-refractivity contribution in [2.75, 3.05) is 25.1 Å². The van der Waals surface area contributed by atoms with Crippen LogP contribution in [0.15, 0.2) is 105 Å². The Kier molecular flexibility index (Phi) is 10.7. The third kappa shape index (κ3) is 9.31. The lowest BCUT2D eigenvalue weighted by atomic mass is 10.2. The van der Waals surface area contributed by atoms with Gasteiger partial charge in [0.15, 0.2) is 19.0 Å². The summed E-state index contributed by atoms with van der Waals surface area (Å²) in [6.07, 6.45) is 0. The summed E-state index contributed by atoms with van der Waals surface area (Å²) in [6, 6.07) is 23.6. The van der Waals surface area contributed by atoms with E-state index in [2.05, 4.69) is 5.32 Å². The Morgan fingerprint density at radius 2 is 1.47 bits per heavy atom. The molecule has 0 spiro atoms. The topological polar surface area (TPSA) is 157 Å². The molecule has 4 aromatic rings. The molecule has 0 fully saturated rings. The Labute approximate surface area is 254 Å². The van der Waals surface area contributed by atoms with Crippen LogP contribution in [0.5, 0.6) is 23.0 Å². The standard InChI is InChI=1S/C16H15NO6S.C14H11NO3S/c1-2-22-16(19)10-23-15-9-13(7-8-14(15)17(20)21)24-12-5-3-11(18)4-6-12;16-9-1-3-10(4-2-9)19-11-5-6-12-13(7-11)18-8-14(17)15-12/h3-9,18H,2,10H2,1H3;1-7,16H,8H2,(H,15,17). The molecule has 0 aliphatic carbocycles. The molecule has 222 valence electrons. The Balaban J connectivity index is 0.000000202. The molecule has 13 heteroatoms. The van der Waals surface area contributed by atoms with E-state index in [4.69, 9.17) is 14.2 Å². The van der Waals surface area contributed by atoms with Gasteiger partial charge in [0.05, 0.1) is 17.2 Å². The average Bonchev–Trinajstić information content (AvgIpc) is 2.99. The van der Waals surface area contributed by atoms with E-state index in [0.29, 0.717) is 16.3 Å². The van der Waals surface area contributed by atoms with Crippen LogP contribution in [0.4, 0.5) is 11.4 Å². The van der Waals surface area contributed by atoms with E-state index in [1.54, 1.807) is 61.2 Å². The molecule has 5 rings (SSSR count). The summed E-state index contributed by atoms with van der Waals surface area (Å²) < 4.78 is 15.3. The predicted octanol–water partition coefficient (Wildman–Crippen LogP) is 6.27. The van der Waals surface area contributed by atoms with Crippen molar-refractivity contribution in [2.24, 2.45) is 0 Å². The summed E-state index contributed by atoms with van der Waals surface area (Å²) in [5, 5.41) is 32.3. The number of carbonyl (C=O) groups is 2. The fourth-order valence-electron chi connectivity index (χ4n) is 3.58. The number of amides is 1. The van der Waals surface area contributed by atoms with Gasteiger partial charge in [-0.3, -0.25) is 14.9 Å². The van der Waals surface area contributed by atoms with Crippen LogP contribution in [-0.4, -0.2) is 46.8 Å². The van der Waals surface area contributed by atoms with E-state index in [1.165, 1.54) is 23.9 Å². The SMILES string of the molecule is CCOC(=O)COc1cc(Sc2ccc(O)cc2)ccc1[N+](=O)[O-].O=C1COc2cc(Sc3ccc(O)cc3)ccc2N1. The number of hydrogen-bond acceptors (Lipinski definition) is 11. The Morgan fingerprint density at radius 3 is 2.05 bits per heavy atom. The van der Waals surface area contributed by atoms with Gasteiger partial charge in [-0.2, -0.15) is 0 Å². The highest BCUT2D eigenvalue weighted by Crippen LogP contribution is 2.37. The minimum Gasteiger partial charge on any atom is -0.508 e. The molecule has 43 heavy (non-hydrogen) atoms. The number of nitro groups is 1. The predicted molar refractivity (Wildman–Crippen MR) is 160 cm³/mol. The van der Waals surface area contributed by atoms with Crippen LogP contribution in [0.25, 0.3) is 0 Å². The van der Waals surface area contributed by atoms with Crippen LogP contribution in [0.3, 0.4) is 0 Å². The molecule has 0 saturated heterocycles. The van der Waals surface area contributed by atoms with Crippen LogP contribution >= 0.6 is 23.5 Å². The van der Waals surface area contributed by atoms with E-state index < -0.39 is 17.5 Å². The van der Waals surface area contributed by atoms with E-state index in [9.17, 15) is 29.9 Å². The first-order valence-electron chi connectivity index (χ1n) is 12.8. The molecule has 0 atom stereocenters. The second-order valence-corrected chi connectivity index (χ2v) is 11.0. The van der Waals surface area contributed by atoms with Crippen molar-refractivity contribution in [1.82, 2.24) is 0 Å². The highest BCUT2D eigenvalue weighted by molar-refractivity contribution is 7.99. The van der Waals surface area contributed by atoms with Crippen molar-refractivity contribution in [2.45, 2.75) is 26.5 Å². The van der Waals surface area contributed by atoms with Gasteiger partial charge in [0, 0.05) is 31.7 Å². The molecule has 0 saturated carbocycles. The molecular formula is C30H26N2O9S2. The lowest BCUT2D eigenvalue weighted by Crippen LogP contribution is -2.25. The van der Waals surface area contributed by atoms with Gasteiger partial charge in [-0.1, -0.05) is 23.5 Å². The molecule has 0 unspecified atom stereocenters. The summed E-state index contributed by atoms with van der Waals surface area (Å²) in [7, 11) is 0. The van der Waals surface area contributed by atoms with E-state index in [0.717, 1.165) is 14.7 Å². The van der Waals surface area contributed by atoms with Gasteiger partial charge in [0.1, 0.15) is 17.2 Å². The summed E-state index contributed by atoms with van der Waals surface area (Å²) in [4.78, 5) is 36.6. The maximum absolute atomic E-state index is 11.4. The van der Waals surface area contributed by atoms with Gasteiger partial charge < -0.3 is 29.7 Å². The van der Waals surface area contributed by atoms with Gasteiger partial charge in [-0.25, -0.2) is 4.79 Å². The number of aromatic hydroxyl groups is 2. The van der Waals surface area contributed by atoms with Gasteiger partial charge in [0.2, 0.25) is 0 Å². The van der Waals surface area contributed by atoms with Crippen molar-refractivity contribution in [3.8, 4) is 23.0 Å². The zero-order valence-electron chi connectivity index (χ0n) is 22.7. The molecule has 0 bridgehead atoms. The molecule has 11 nitrogen and oxygen atoms in total. The Hall–Kier alpha value is -4.88. The normalized spacial score (nSPS) is 11.6. The first-order chi connectivity index (χ1) is 20.7. The molecule has 4 aromatic carbocycles. The van der Waals surface area contributed by atoms with Gasteiger partial charge in [-0.15, -0.1) is 0 Å². The third-order valence-corrected chi connectivity index (χ3v) is 7.50. The first-order valence-corrected chi connectivity index (χ1v) is 14.4. The van der Waals surface area contributed by atoms with E-state index in [1.807, 2.05) is 30.3 Å². The highest BCUT2D eigenvalue weighted by atomic mass is 32.2. The second-order valence-electron chi connectivity index (χ2n) is 8.67. The number of fused-ring (bicyclic) bond motifs is 1. The van der Waals surface area contributed by atoms with Crippen LogP contribution in [0.2, 0.25) is 0 Å². The molecule has 1 aliphatic rings. The van der Waals surface area contributed by atoms with Gasteiger partial charge in [-0.05, 0) is 79.7 Å². The Morgan fingerprint density at radius 1 is 0.907 bits per heavy atom. The molecule has 1 aliphatic heterocycles. The number of phenols is 2. The third-order valence-electron chi connectivity index (χ3n) is 5.51. The average molecular weight is 623 g/mol. The molecular weight excluding hydrogens is 596 g/mol. The maximum Gasteiger partial charge on any atom is 0.344 e. The lowest BCUT2D eigenvalue weighted by Gasteiger charge is -2.18. The zero-order valence-corrected chi connectivity index (χ0v) is 24.4. The number of anilines is 1. The first kappa shape index (κ1) is 31.1. The van der Waals surface area contributed by atoms with Crippen LogP contribution in [0, 0.1) is 10.1 Å². The minimum atomic E-state index is -0.594. The number of carbonyl (C=O) groups excluding carboxylic acids is 2. The van der Waals surface area contributed by atoms with Crippen molar-refractivity contribution < 1.29 is 38.9 Å². The van der Waals surface area contributed by atoms with Crippen molar-refractivity contribution in [1.29, 1.82) is 0 Å². The lowest BCUT2D eigenvalue weighted by molar-refractivity contribution is -0.385. The van der Waals surface area contributed by atoms with E-state index in [-0.39, 0.29) is 42.1 Å². The second kappa shape index (κ2) is 14.8. The van der Waals surface area contributed by atoms with Crippen molar-refractivity contribution in [3.05, 3.63) is 95.0 Å². The van der Waals surface area contributed by atoms with Crippen molar-refractivity contribution in [3.63, 3.8) is 0 Å². The minimum absolute atomic E-state index is 0.00293. The maximum atomic E-state index is 11.4. The number of nitrogens with one attached hydrogen (secondary N) is 1. The highest BCUT2D eigenvalue weighted by Gasteiger charge is 2.18. The summed E-state index contributed by atoms with van der Waals surface area (Å²) >= 11 is 2.91. The smallest absolute Gasteiger partial charge is 0.344 e. The molecule has 0 aromatic heterocycles. The quantitative estimate of drug-likeness (QED) is 0.110. The monoisotopic (exact) mass is 622 g/mol. The molecule has 1 heterocycles. The largest absolute Gasteiger partial charge is 0.508 e. The zero-order chi connectivity index (χ0) is 30.8. The number of nitrogens with zero attached hydrogens (tertiary/aromatic N) is 1. The van der Waals surface area contributed by atoms with Crippen LogP contribution < -0.4 is 14.8 Å². The van der Waals surface area contributed by atoms with Crippen molar-refractivity contribution >= 4 is 46.8 Å².